The molecule has 0 fully saturated rings. The van der Waals surface area contributed by atoms with Gasteiger partial charge in [0.1, 0.15) is 4.88 Å². The Kier molecular flexibility index (Phi) is 4.99. The van der Waals surface area contributed by atoms with Gasteiger partial charge in [0.15, 0.2) is 11.6 Å². The van der Waals surface area contributed by atoms with Crippen LogP contribution >= 0.6 is 11.3 Å². The molecule has 2 aromatic carbocycles. The summed E-state index contributed by atoms with van der Waals surface area (Å²) in [6.07, 6.45) is 0. The van der Waals surface area contributed by atoms with E-state index in [2.05, 4.69) is 5.32 Å². The molecular formula is C19H14FNO4S. The van der Waals surface area contributed by atoms with Crippen LogP contribution in [0.15, 0.2) is 54.6 Å². The summed E-state index contributed by atoms with van der Waals surface area (Å²) in [5.41, 5.74) is 1.59. The van der Waals surface area contributed by atoms with Crippen LogP contribution in [0.25, 0.3) is 0 Å². The smallest absolute Gasteiger partial charge is 0.346 e. The quantitative estimate of drug-likeness (QED) is 0.666. The van der Waals surface area contributed by atoms with Crippen molar-refractivity contribution in [2.75, 3.05) is 5.32 Å². The average Bonchev–Trinajstić information content (AvgIpc) is 3.00. The van der Waals surface area contributed by atoms with Crippen LogP contribution in [0.3, 0.4) is 0 Å². The van der Waals surface area contributed by atoms with Crippen LogP contribution in [0.5, 0.6) is 10.8 Å². The Bertz CT molecular complexity index is 966. The molecular weight excluding hydrogens is 357 g/mol. The van der Waals surface area contributed by atoms with E-state index in [4.69, 9.17) is 4.74 Å². The molecule has 132 valence electrons. The lowest BCUT2D eigenvalue weighted by Crippen LogP contribution is -2.11. The highest BCUT2D eigenvalue weighted by atomic mass is 32.1. The average molecular weight is 371 g/mol. The fourth-order valence-electron chi connectivity index (χ4n) is 2.17. The Morgan fingerprint density at radius 3 is 2.46 bits per heavy atom. The van der Waals surface area contributed by atoms with E-state index < -0.39 is 17.7 Å². The first-order chi connectivity index (χ1) is 12.4. The first-order valence-electron chi connectivity index (χ1n) is 7.61. The lowest BCUT2D eigenvalue weighted by molar-refractivity contribution is 0.0701. The first-order valence-corrected chi connectivity index (χ1v) is 8.43. The number of aryl methyl sites for hydroxylation is 1. The Hall–Kier alpha value is -3.19. The number of thiophene rings is 1. The summed E-state index contributed by atoms with van der Waals surface area (Å²) in [5.74, 6) is -2.23. The largest absolute Gasteiger partial charge is 0.477 e. The van der Waals surface area contributed by atoms with Gasteiger partial charge in [0, 0.05) is 5.56 Å². The molecule has 0 aliphatic carbocycles. The van der Waals surface area contributed by atoms with E-state index in [1.165, 1.54) is 24.3 Å². The minimum Gasteiger partial charge on any atom is -0.477 e. The van der Waals surface area contributed by atoms with Crippen molar-refractivity contribution < 1.29 is 23.8 Å². The SMILES string of the molecule is Cc1ccc(C(=O)Nc2cc(C(=O)O)sc2Oc2ccccc2F)cc1. The molecule has 0 atom stereocenters. The Morgan fingerprint density at radius 1 is 1.12 bits per heavy atom. The minimum absolute atomic E-state index is 0.0319. The molecule has 26 heavy (non-hydrogen) atoms. The van der Waals surface area contributed by atoms with Crippen molar-refractivity contribution in [3.63, 3.8) is 0 Å². The predicted octanol–water partition coefficient (Wildman–Crippen LogP) is 4.94. The number of hydrogen-bond donors (Lipinski definition) is 2. The number of hydrogen-bond acceptors (Lipinski definition) is 4. The molecule has 0 spiro atoms. The van der Waals surface area contributed by atoms with E-state index in [1.807, 2.05) is 6.92 Å². The fourth-order valence-corrected chi connectivity index (χ4v) is 2.98. The maximum atomic E-state index is 13.8. The number of halogens is 1. The number of nitrogens with one attached hydrogen (secondary N) is 1. The number of carbonyl (C=O) groups is 2. The predicted molar refractivity (Wildman–Crippen MR) is 96.9 cm³/mol. The zero-order chi connectivity index (χ0) is 18.7. The van der Waals surface area contributed by atoms with Gasteiger partial charge in [-0.3, -0.25) is 4.79 Å². The van der Waals surface area contributed by atoms with Crippen molar-refractivity contribution in [3.8, 4) is 10.8 Å². The van der Waals surface area contributed by atoms with Crippen LogP contribution in [0.1, 0.15) is 25.6 Å². The van der Waals surface area contributed by atoms with Crippen molar-refractivity contribution in [1.29, 1.82) is 0 Å². The van der Waals surface area contributed by atoms with Gasteiger partial charge in [-0.1, -0.05) is 41.2 Å². The molecule has 0 aliphatic heterocycles. The van der Waals surface area contributed by atoms with Gasteiger partial charge in [0.2, 0.25) is 5.06 Å². The molecule has 1 heterocycles. The number of rotatable bonds is 5. The van der Waals surface area contributed by atoms with E-state index in [9.17, 15) is 19.1 Å². The number of anilines is 1. The van der Waals surface area contributed by atoms with E-state index >= 15 is 0 Å². The summed E-state index contributed by atoms with van der Waals surface area (Å²) >= 11 is 0.808. The maximum Gasteiger partial charge on any atom is 0.346 e. The zero-order valence-corrected chi connectivity index (χ0v) is 14.5. The molecule has 0 unspecified atom stereocenters. The van der Waals surface area contributed by atoms with Crippen molar-refractivity contribution in [2.24, 2.45) is 0 Å². The third-order valence-corrected chi connectivity index (χ3v) is 4.51. The summed E-state index contributed by atoms with van der Waals surface area (Å²) in [5, 5.41) is 11.9. The van der Waals surface area contributed by atoms with E-state index in [0.717, 1.165) is 16.9 Å². The molecule has 0 saturated heterocycles. The summed E-state index contributed by atoms with van der Waals surface area (Å²) in [6.45, 7) is 1.90. The summed E-state index contributed by atoms with van der Waals surface area (Å²) in [6, 6.07) is 13.9. The van der Waals surface area contributed by atoms with Gasteiger partial charge >= 0.3 is 5.97 Å². The van der Waals surface area contributed by atoms with Gasteiger partial charge < -0.3 is 15.2 Å². The number of carbonyl (C=O) groups excluding carboxylic acids is 1. The number of amides is 1. The third kappa shape index (κ3) is 3.89. The highest BCUT2D eigenvalue weighted by Gasteiger charge is 2.19. The molecule has 1 amide bonds. The van der Waals surface area contributed by atoms with Gasteiger partial charge in [-0.15, -0.1) is 0 Å². The van der Waals surface area contributed by atoms with Crippen LogP contribution in [0, 0.1) is 12.7 Å². The number of aromatic carboxylic acids is 1. The van der Waals surface area contributed by atoms with Gasteiger partial charge in [0.05, 0.1) is 5.69 Å². The number of para-hydroxylation sites is 1. The molecule has 3 rings (SSSR count). The number of ether oxygens (including phenoxy) is 1. The van der Waals surface area contributed by atoms with Crippen LogP contribution in [0.4, 0.5) is 10.1 Å². The van der Waals surface area contributed by atoms with Crippen LogP contribution in [-0.4, -0.2) is 17.0 Å². The highest BCUT2D eigenvalue weighted by molar-refractivity contribution is 7.16. The molecule has 2 N–H and O–H groups in total. The fraction of sp³-hybridized carbons (Fsp3) is 0.0526. The van der Waals surface area contributed by atoms with E-state index in [0.29, 0.717) is 5.56 Å². The molecule has 0 radical (unpaired) electrons. The van der Waals surface area contributed by atoms with Crippen molar-refractivity contribution in [2.45, 2.75) is 6.92 Å². The summed E-state index contributed by atoms with van der Waals surface area (Å²) < 4.78 is 19.3. The second-order valence-electron chi connectivity index (χ2n) is 5.47. The van der Waals surface area contributed by atoms with Gasteiger partial charge in [-0.25, -0.2) is 9.18 Å². The lowest BCUT2D eigenvalue weighted by atomic mass is 10.1. The number of carboxylic acids is 1. The third-order valence-electron chi connectivity index (χ3n) is 3.51. The molecule has 0 saturated carbocycles. The minimum atomic E-state index is -1.16. The normalized spacial score (nSPS) is 10.4. The molecule has 0 bridgehead atoms. The van der Waals surface area contributed by atoms with Crippen molar-refractivity contribution in [1.82, 2.24) is 0 Å². The van der Waals surface area contributed by atoms with Crippen LogP contribution < -0.4 is 10.1 Å². The molecule has 0 aliphatic rings. The number of carboxylic acid groups (broad SMARTS) is 1. The van der Waals surface area contributed by atoms with Crippen molar-refractivity contribution >= 4 is 28.9 Å². The second-order valence-corrected chi connectivity index (χ2v) is 6.48. The van der Waals surface area contributed by atoms with Gasteiger partial charge in [-0.2, -0.15) is 0 Å². The van der Waals surface area contributed by atoms with E-state index in [-0.39, 0.29) is 21.4 Å². The number of benzene rings is 2. The van der Waals surface area contributed by atoms with Crippen molar-refractivity contribution in [3.05, 3.63) is 76.4 Å². The molecule has 1 aromatic heterocycles. The van der Waals surface area contributed by atoms with E-state index in [1.54, 1.807) is 30.3 Å². The second kappa shape index (κ2) is 7.37. The monoisotopic (exact) mass is 371 g/mol. The lowest BCUT2D eigenvalue weighted by Gasteiger charge is -2.08. The topological polar surface area (TPSA) is 75.6 Å². The first kappa shape index (κ1) is 17.6. The Morgan fingerprint density at radius 2 is 1.81 bits per heavy atom. The molecule has 5 nitrogen and oxygen atoms in total. The Labute approximate surface area is 152 Å². The Balaban J connectivity index is 1.90. The zero-order valence-electron chi connectivity index (χ0n) is 13.7. The maximum absolute atomic E-state index is 13.8. The van der Waals surface area contributed by atoms with Crippen LogP contribution in [0.2, 0.25) is 0 Å². The molecule has 7 heteroatoms. The van der Waals surface area contributed by atoms with Crippen LogP contribution in [-0.2, 0) is 0 Å². The summed E-state index contributed by atoms with van der Waals surface area (Å²) in [7, 11) is 0. The molecule has 3 aromatic rings. The highest BCUT2D eigenvalue weighted by Crippen LogP contribution is 2.39. The van der Waals surface area contributed by atoms with Gasteiger partial charge in [-0.05, 0) is 37.3 Å². The standard InChI is InChI=1S/C19H14FNO4S/c1-11-6-8-12(9-7-11)17(22)21-14-10-16(18(23)24)26-19(14)25-15-5-3-2-4-13(15)20/h2-10H,1H3,(H,21,22)(H,23,24). The summed E-state index contributed by atoms with van der Waals surface area (Å²) in [4.78, 5) is 23.6. The van der Waals surface area contributed by atoms with Gasteiger partial charge in [0.25, 0.3) is 5.91 Å².